The average Bonchev–Trinajstić information content (AvgIpc) is 2.91. The van der Waals surface area contributed by atoms with Crippen LogP contribution in [0.25, 0.3) is 12.2 Å². The fraction of sp³-hybridized carbons (Fsp3) is 0.231. The van der Waals surface area contributed by atoms with E-state index in [4.69, 9.17) is 12.2 Å². The topological polar surface area (TPSA) is 44.4 Å². The monoisotopic (exact) mass is 323 g/mol. The lowest BCUT2D eigenvalue weighted by atomic mass is 10.2. The summed E-state index contributed by atoms with van der Waals surface area (Å²) in [6.07, 6.45) is 4.05. The minimum absolute atomic E-state index is 0.166. The molecule has 1 aromatic rings. The Hall–Kier alpha value is -1.31. The van der Waals surface area contributed by atoms with Gasteiger partial charge in [0.05, 0.1) is 5.03 Å². The maximum absolute atomic E-state index is 11.6. The minimum Gasteiger partial charge on any atom is -0.372 e. The Bertz CT molecular complexity index is 658. The standard InChI is InChI=1S/C13H13N3OS3/c1-16(2)11-5-10-7(6-19-11)3-8(20-10)4-9-12(17)15-13(18)14-9/h3-5H,6H2,1-2H3,(H2,14,15,17,18)/b9-4-. The number of hydrogen-bond donors (Lipinski definition) is 2. The van der Waals surface area contributed by atoms with Crippen LogP contribution in [0.5, 0.6) is 0 Å². The molecule has 2 N–H and O–H groups in total. The maximum Gasteiger partial charge on any atom is 0.273 e. The molecule has 0 unspecified atom stereocenters. The van der Waals surface area contributed by atoms with Gasteiger partial charge < -0.3 is 10.2 Å². The molecule has 1 fully saturated rings. The van der Waals surface area contributed by atoms with E-state index in [0.29, 0.717) is 10.8 Å². The largest absolute Gasteiger partial charge is 0.372 e. The zero-order chi connectivity index (χ0) is 14.3. The molecule has 3 rings (SSSR count). The van der Waals surface area contributed by atoms with Crippen molar-refractivity contribution in [1.82, 2.24) is 15.5 Å². The highest BCUT2D eigenvalue weighted by Gasteiger charge is 2.21. The van der Waals surface area contributed by atoms with E-state index in [1.165, 1.54) is 15.5 Å². The van der Waals surface area contributed by atoms with Gasteiger partial charge in [-0.25, -0.2) is 0 Å². The molecule has 2 aliphatic rings. The van der Waals surface area contributed by atoms with Crippen LogP contribution in [-0.2, 0) is 10.5 Å². The molecular weight excluding hydrogens is 310 g/mol. The first-order valence-corrected chi connectivity index (χ1v) is 8.22. The van der Waals surface area contributed by atoms with E-state index in [1.54, 1.807) is 11.3 Å². The zero-order valence-electron chi connectivity index (χ0n) is 11.0. The second-order valence-corrected chi connectivity index (χ2v) is 7.19. The Kier molecular flexibility index (Phi) is 3.57. The Labute approximate surface area is 130 Å². The summed E-state index contributed by atoms with van der Waals surface area (Å²) in [7, 11) is 4.10. The Morgan fingerprint density at radius 3 is 2.85 bits per heavy atom. The van der Waals surface area contributed by atoms with Gasteiger partial charge in [0.2, 0.25) is 0 Å². The summed E-state index contributed by atoms with van der Waals surface area (Å²) in [5.74, 6) is 0.803. The highest BCUT2D eigenvalue weighted by molar-refractivity contribution is 8.02. The van der Waals surface area contributed by atoms with Crippen molar-refractivity contribution >= 4 is 58.5 Å². The van der Waals surface area contributed by atoms with Gasteiger partial charge in [0.1, 0.15) is 5.70 Å². The van der Waals surface area contributed by atoms with Crippen molar-refractivity contribution in [3.8, 4) is 0 Å². The molecule has 0 atom stereocenters. The number of thiocarbonyl (C=S) groups is 1. The summed E-state index contributed by atoms with van der Waals surface area (Å²) in [5.41, 5.74) is 1.83. The Balaban J connectivity index is 1.90. The number of hydrogen-bond acceptors (Lipinski definition) is 5. The molecule has 0 aliphatic carbocycles. The molecule has 0 radical (unpaired) electrons. The van der Waals surface area contributed by atoms with Gasteiger partial charge in [-0.1, -0.05) is 0 Å². The maximum atomic E-state index is 11.6. The summed E-state index contributed by atoms with van der Waals surface area (Å²) >= 11 is 8.44. The molecule has 1 amide bonds. The second kappa shape index (κ2) is 5.23. The smallest absolute Gasteiger partial charge is 0.273 e. The molecule has 3 heterocycles. The molecule has 2 aliphatic heterocycles. The van der Waals surface area contributed by atoms with Crippen molar-refractivity contribution in [3.63, 3.8) is 0 Å². The SMILES string of the molecule is CN(C)C1=Cc2sc(/C=C3\NC(=S)NC3=O)cc2CS1. The van der Waals surface area contributed by atoms with Crippen molar-refractivity contribution < 1.29 is 4.79 Å². The highest BCUT2D eigenvalue weighted by atomic mass is 32.2. The average molecular weight is 323 g/mol. The summed E-state index contributed by atoms with van der Waals surface area (Å²) in [6, 6.07) is 2.14. The van der Waals surface area contributed by atoms with Gasteiger partial charge in [-0.2, -0.15) is 0 Å². The predicted molar refractivity (Wildman–Crippen MR) is 89.1 cm³/mol. The van der Waals surface area contributed by atoms with Crippen LogP contribution in [-0.4, -0.2) is 30.0 Å². The molecular formula is C13H13N3OS3. The second-order valence-electron chi connectivity index (χ2n) is 4.67. The van der Waals surface area contributed by atoms with E-state index >= 15 is 0 Å². The van der Waals surface area contributed by atoms with Crippen LogP contribution in [0.1, 0.15) is 15.3 Å². The molecule has 0 saturated carbocycles. The summed E-state index contributed by atoms with van der Waals surface area (Å²) in [4.78, 5) is 16.1. The van der Waals surface area contributed by atoms with Gasteiger partial charge in [0.25, 0.3) is 5.91 Å². The third-order valence-corrected chi connectivity index (χ3v) is 5.45. The zero-order valence-corrected chi connectivity index (χ0v) is 13.5. The lowest BCUT2D eigenvalue weighted by molar-refractivity contribution is -0.115. The van der Waals surface area contributed by atoms with E-state index in [9.17, 15) is 4.79 Å². The van der Waals surface area contributed by atoms with Crippen molar-refractivity contribution in [2.24, 2.45) is 0 Å². The lowest BCUT2D eigenvalue weighted by Crippen LogP contribution is -2.21. The molecule has 20 heavy (non-hydrogen) atoms. The molecule has 0 spiro atoms. The lowest BCUT2D eigenvalue weighted by Gasteiger charge is -2.19. The summed E-state index contributed by atoms with van der Waals surface area (Å²) in [5, 5.41) is 7.06. The number of nitrogens with zero attached hydrogens (tertiary/aromatic N) is 1. The molecule has 7 heteroatoms. The number of thioether (sulfide) groups is 1. The molecule has 0 aromatic carbocycles. The van der Waals surface area contributed by atoms with Gasteiger partial charge >= 0.3 is 0 Å². The first-order valence-electron chi connectivity index (χ1n) is 6.01. The van der Waals surface area contributed by atoms with Crippen LogP contribution in [0, 0.1) is 0 Å². The van der Waals surface area contributed by atoms with Gasteiger partial charge in [-0.15, -0.1) is 23.1 Å². The van der Waals surface area contributed by atoms with Crippen molar-refractivity contribution in [1.29, 1.82) is 0 Å². The normalized spacial score (nSPS) is 19.5. The Morgan fingerprint density at radius 1 is 1.40 bits per heavy atom. The van der Waals surface area contributed by atoms with E-state index in [2.05, 4.69) is 27.7 Å². The van der Waals surface area contributed by atoms with Crippen molar-refractivity contribution in [2.75, 3.05) is 14.1 Å². The molecule has 104 valence electrons. The quantitative estimate of drug-likeness (QED) is 0.645. The first-order chi connectivity index (χ1) is 9.52. The van der Waals surface area contributed by atoms with Crippen molar-refractivity contribution in [2.45, 2.75) is 5.75 Å². The molecule has 0 bridgehead atoms. The fourth-order valence-electron chi connectivity index (χ4n) is 1.96. The number of carbonyl (C=O) groups is 1. The van der Waals surface area contributed by atoms with Crippen LogP contribution < -0.4 is 10.6 Å². The number of carbonyl (C=O) groups excluding carboxylic acids is 1. The van der Waals surface area contributed by atoms with Gasteiger partial charge in [0, 0.05) is 29.6 Å². The van der Waals surface area contributed by atoms with Crippen LogP contribution in [0.2, 0.25) is 0 Å². The van der Waals surface area contributed by atoms with E-state index in [1.807, 2.05) is 31.9 Å². The highest BCUT2D eigenvalue weighted by Crippen LogP contribution is 2.37. The molecule has 1 aromatic heterocycles. The first kappa shape index (κ1) is 13.7. The molecule has 4 nitrogen and oxygen atoms in total. The predicted octanol–water partition coefficient (Wildman–Crippen LogP) is 2.20. The van der Waals surface area contributed by atoms with Crippen LogP contribution in [0.15, 0.2) is 16.8 Å². The van der Waals surface area contributed by atoms with Gasteiger partial charge in [-0.3, -0.25) is 10.1 Å². The number of amides is 1. The van der Waals surface area contributed by atoms with E-state index in [-0.39, 0.29) is 5.91 Å². The number of fused-ring (bicyclic) bond motifs is 1. The van der Waals surface area contributed by atoms with Gasteiger partial charge in [-0.05, 0) is 36.0 Å². The van der Waals surface area contributed by atoms with Crippen LogP contribution >= 0.6 is 35.3 Å². The van der Waals surface area contributed by atoms with Crippen LogP contribution in [0.4, 0.5) is 0 Å². The number of nitrogens with one attached hydrogen (secondary N) is 2. The van der Waals surface area contributed by atoms with E-state index < -0.39 is 0 Å². The third kappa shape index (κ3) is 2.61. The van der Waals surface area contributed by atoms with Crippen LogP contribution in [0.3, 0.4) is 0 Å². The van der Waals surface area contributed by atoms with Gasteiger partial charge in [0.15, 0.2) is 5.11 Å². The fourth-order valence-corrected chi connectivity index (χ4v) is 4.39. The third-order valence-electron chi connectivity index (χ3n) is 2.94. The summed E-state index contributed by atoms with van der Waals surface area (Å²) < 4.78 is 0. The van der Waals surface area contributed by atoms with Crippen molar-refractivity contribution in [3.05, 3.63) is 32.1 Å². The number of rotatable bonds is 2. The molecule has 1 saturated heterocycles. The number of thiophene rings is 1. The Morgan fingerprint density at radius 2 is 2.20 bits per heavy atom. The minimum atomic E-state index is -0.166. The summed E-state index contributed by atoms with van der Waals surface area (Å²) in [6.45, 7) is 0. The van der Waals surface area contributed by atoms with E-state index in [0.717, 1.165) is 10.6 Å².